The summed E-state index contributed by atoms with van der Waals surface area (Å²) in [6.45, 7) is 4.96. The van der Waals surface area contributed by atoms with Gasteiger partial charge in [0.2, 0.25) is 0 Å². The van der Waals surface area contributed by atoms with Gasteiger partial charge in [0.25, 0.3) is 0 Å². The van der Waals surface area contributed by atoms with E-state index < -0.39 is 0 Å². The fourth-order valence-electron chi connectivity index (χ4n) is 2.60. The Bertz CT molecular complexity index is 400. The van der Waals surface area contributed by atoms with E-state index in [1.807, 2.05) is 13.1 Å². The number of likely N-dealkylation sites (tertiary alicyclic amines) is 1. The summed E-state index contributed by atoms with van der Waals surface area (Å²) in [4.78, 5) is 2.44. The molecule has 1 aliphatic rings. The topological polar surface area (TPSA) is 24.5 Å². The van der Waals surface area contributed by atoms with Crippen LogP contribution in [0.4, 0.5) is 0 Å². The second kappa shape index (κ2) is 8.08. The molecule has 112 valence electrons. The molecule has 0 bridgehead atoms. The van der Waals surface area contributed by atoms with Crippen LogP contribution < -0.4 is 10.1 Å². The van der Waals surface area contributed by atoms with E-state index in [1.165, 1.54) is 12.8 Å². The summed E-state index contributed by atoms with van der Waals surface area (Å²) < 4.78 is 5.73. The predicted molar refractivity (Wildman–Crippen MR) is 85.0 cm³/mol. The molecule has 0 amide bonds. The number of halogens is 2. The number of hydrogen-bond acceptors (Lipinski definition) is 3. The number of hydrogen-bond donors (Lipinski definition) is 1. The first-order valence-electron chi connectivity index (χ1n) is 7.14. The number of ether oxygens (including phenoxy) is 1. The molecule has 1 aromatic rings. The maximum Gasteiger partial charge on any atom is 0.156 e. The lowest BCUT2D eigenvalue weighted by atomic mass is 9.97. The zero-order valence-corrected chi connectivity index (χ0v) is 13.4. The van der Waals surface area contributed by atoms with Gasteiger partial charge in [0.15, 0.2) is 5.75 Å². The minimum Gasteiger partial charge on any atom is -0.489 e. The fourth-order valence-corrected chi connectivity index (χ4v) is 3.11. The number of rotatable bonds is 6. The first-order valence-corrected chi connectivity index (χ1v) is 7.90. The van der Waals surface area contributed by atoms with Crippen molar-refractivity contribution in [1.29, 1.82) is 0 Å². The van der Waals surface area contributed by atoms with Gasteiger partial charge in [-0.2, -0.15) is 0 Å². The molecule has 1 fully saturated rings. The zero-order chi connectivity index (χ0) is 14.4. The fraction of sp³-hybridized carbons (Fsp3) is 0.600. The first kappa shape index (κ1) is 15.9. The van der Waals surface area contributed by atoms with Crippen LogP contribution in [-0.2, 0) is 0 Å². The molecule has 1 aromatic carbocycles. The normalized spacial score (nSPS) is 17.4. The molecule has 0 unspecified atom stereocenters. The van der Waals surface area contributed by atoms with E-state index in [0.29, 0.717) is 22.4 Å². The third kappa shape index (κ3) is 4.52. The monoisotopic (exact) mass is 316 g/mol. The number of piperidine rings is 1. The lowest BCUT2D eigenvalue weighted by Crippen LogP contribution is -2.38. The molecule has 1 aliphatic heterocycles. The van der Waals surface area contributed by atoms with Crippen molar-refractivity contribution in [2.75, 3.05) is 39.8 Å². The quantitative estimate of drug-likeness (QED) is 0.871. The lowest BCUT2D eigenvalue weighted by Gasteiger charge is -2.31. The summed E-state index contributed by atoms with van der Waals surface area (Å²) in [5.41, 5.74) is 0. The molecule has 3 nitrogen and oxygen atoms in total. The number of nitrogens with zero attached hydrogens (tertiary/aromatic N) is 1. The third-order valence-electron chi connectivity index (χ3n) is 3.77. The highest BCUT2D eigenvalue weighted by Crippen LogP contribution is 2.32. The summed E-state index contributed by atoms with van der Waals surface area (Å²) in [6, 6.07) is 5.42. The van der Waals surface area contributed by atoms with Crippen molar-refractivity contribution in [3.63, 3.8) is 0 Å². The van der Waals surface area contributed by atoms with E-state index >= 15 is 0 Å². The average Bonchev–Trinajstić information content (AvgIpc) is 2.44. The van der Waals surface area contributed by atoms with E-state index in [1.54, 1.807) is 12.1 Å². The molecule has 0 atom stereocenters. The van der Waals surface area contributed by atoms with Gasteiger partial charge in [-0.25, -0.2) is 0 Å². The molecule has 1 heterocycles. The predicted octanol–water partition coefficient (Wildman–Crippen LogP) is 3.30. The van der Waals surface area contributed by atoms with Gasteiger partial charge < -0.3 is 10.1 Å². The Morgan fingerprint density at radius 2 is 1.90 bits per heavy atom. The van der Waals surface area contributed by atoms with Gasteiger partial charge in [-0.3, -0.25) is 4.90 Å². The molecular formula is C15H22Cl2N2O. The van der Waals surface area contributed by atoms with Crippen LogP contribution in [0.3, 0.4) is 0 Å². The van der Waals surface area contributed by atoms with Gasteiger partial charge >= 0.3 is 0 Å². The van der Waals surface area contributed by atoms with E-state index in [2.05, 4.69) is 10.2 Å². The van der Waals surface area contributed by atoms with Crippen molar-refractivity contribution in [3.05, 3.63) is 28.2 Å². The Morgan fingerprint density at radius 3 is 2.50 bits per heavy atom. The van der Waals surface area contributed by atoms with Gasteiger partial charge in [0.05, 0.1) is 10.0 Å². The van der Waals surface area contributed by atoms with Crippen molar-refractivity contribution in [2.45, 2.75) is 12.8 Å². The number of para-hydroxylation sites is 1. The maximum atomic E-state index is 6.07. The summed E-state index contributed by atoms with van der Waals surface area (Å²) in [5.74, 6) is 1.41. The van der Waals surface area contributed by atoms with Crippen LogP contribution in [0.25, 0.3) is 0 Å². The molecule has 1 N–H and O–H groups in total. The zero-order valence-electron chi connectivity index (χ0n) is 11.9. The van der Waals surface area contributed by atoms with Crippen LogP contribution >= 0.6 is 23.2 Å². The van der Waals surface area contributed by atoms with E-state index in [0.717, 1.165) is 32.1 Å². The van der Waals surface area contributed by atoms with Gasteiger partial charge in [0, 0.05) is 6.54 Å². The van der Waals surface area contributed by atoms with Crippen LogP contribution in [-0.4, -0.2) is 44.7 Å². The second-order valence-corrected chi connectivity index (χ2v) is 6.06. The van der Waals surface area contributed by atoms with Crippen molar-refractivity contribution >= 4 is 23.2 Å². The van der Waals surface area contributed by atoms with Crippen molar-refractivity contribution in [2.24, 2.45) is 5.92 Å². The Labute approximate surface area is 131 Å². The van der Waals surface area contributed by atoms with Gasteiger partial charge in [0.1, 0.15) is 6.61 Å². The molecule has 5 heteroatoms. The highest BCUT2D eigenvalue weighted by atomic mass is 35.5. The Morgan fingerprint density at radius 1 is 1.25 bits per heavy atom. The molecule has 2 rings (SSSR count). The van der Waals surface area contributed by atoms with Crippen LogP contribution in [0.2, 0.25) is 10.0 Å². The average molecular weight is 317 g/mol. The molecule has 20 heavy (non-hydrogen) atoms. The maximum absolute atomic E-state index is 6.07. The van der Waals surface area contributed by atoms with E-state index in [-0.39, 0.29) is 0 Å². The summed E-state index contributed by atoms with van der Waals surface area (Å²) in [6.07, 6.45) is 2.52. The summed E-state index contributed by atoms with van der Waals surface area (Å²) >= 11 is 12.1. The van der Waals surface area contributed by atoms with E-state index in [9.17, 15) is 0 Å². The second-order valence-electron chi connectivity index (χ2n) is 5.24. The standard InChI is InChI=1S/C15H22Cl2N2O/c1-18-11-12-5-7-19(8-6-12)9-10-20-15-13(16)3-2-4-14(15)17/h2-4,12,18H,5-11H2,1H3. The van der Waals surface area contributed by atoms with Crippen LogP contribution in [0.1, 0.15) is 12.8 Å². The Hall–Kier alpha value is -0.480. The van der Waals surface area contributed by atoms with Crippen LogP contribution in [0.15, 0.2) is 18.2 Å². The Kier molecular flexibility index (Phi) is 6.43. The van der Waals surface area contributed by atoms with Gasteiger partial charge in [-0.05, 0) is 57.6 Å². The van der Waals surface area contributed by atoms with Crippen molar-refractivity contribution in [1.82, 2.24) is 10.2 Å². The highest BCUT2D eigenvalue weighted by Gasteiger charge is 2.18. The molecular weight excluding hydrogens is 295 g/mol. The highest BCUT2D eigenvalue weighted by molar-refractivity contribution is 6.37. The SMILES string of the molecule is CNCC1CCN(CCOc2c(Cl)cccc2Cl)CC1. The summed E-state index contributed by atoms with van der Waals surface area (Å²) in [5, 5.41) is 4.41. The van der Waals surface area contributed by atoms with Crippen LogP contribution in [0.5, 0.6) is 5.75 Å². The largest absolute Gasteiger partial charge is 0.489 e. The lowest BCUT2D eigenvalue weighted by molar-refractivity contribution is 0.155. The van der Waals surface area contributed by atoms with Crippen molar-refractivity contribution < 1.29 is 4.74 Å². The first-order chi connectivity index (χ1) is 9.70. The van der Waals surface area contributed by atoms with E-state index in [4.69, 9.17) is 27.9 Å². The third-order valence-corrected chi connectivity index (χ3v) is 4.37. The van der Waals surface area contributed by atoms with Crippen LogP contribution in [0, 0.1) is 5.92 Å². The van der Waals surface area contributed by atoms with Gasteiger partial charge in [-0.1, -0.05) is 29.3 Å². The smallest absolute Gasteiger partial charge is 0.156 e. The summed E-state index contributed by atoms with van der Waals surface area (Å²) in [7, 11) is 2.02. The Balaban J connectivity index is 1.72. The molecule has 0 aromatic heterocycles. The molecule has 0 spiro atoms. The molecule has 0 saturated carbocycles. The molecule has 1 saturated heterocycles. The molecule has 0 aliphatic carbocycles. The molecule has 0 radical (unpaired) electrons. The minimum atomic E-state index is 0.574. The van der Waals surface area contributed by atoms with Crippen molar-refractivity contribution in [3.8, 4) is 5.75 Å². The van der Waals surface area contributed by atoms with Gasteiger partial charge in [-0.15, -0.1) is 0 Å². The minimum absolute atomic E-state index is 0.574. The number of benzene rings is 1. The number of nitrogens with one attached hydrogen (secondary N) is 1.